The van der Waals surface area contributed by atoms with Gasteiger partial charge in [0.1, 0.15) is 0 Å². The highest BCUT2D eigenvalue weighted by Crippen LogP contribution is 1.92. The fraction of sp³-hybridized carbons (Fsp3) is 0.400. The molecule has 0 aliphatic heterocycles. The van der Waals surface area contributed by atoms with Gasteiger partial charge in [0.2, 0.25) is 0 Å². The highest BCUT2D eigenvalue weighted by atomic mass is 16.4. The summed E-state index contributed by atoms with van der Waals surface area (Å²) < 4.78 is 0. The standard InChI is InChI=1S/C4H6O6.CN/c5-1(3(7)8)2(6)4(9)10;1-2/h1-2,5-6H,(H,7,8)(H,9,10);/q;-1. The average molecular weight is 176 g/mol. The van der Waals surface area contributed by atoms with Crippen molar-refractivity contribution in [2.24, 2.45) is 0 Å². The predicted octanol–water partition coefficient (Wildman–Crippen LogP) is -2.03. The fourth-order valence-corrected chi connectivity index (χ4v) is 0.270. The van der Waals surface area contributed by atoms with E-state index in [-0.39, 0.29) is 0 Å². The van der Waals surface area contributed by atoms with E-state index in [1.807, 2.05) is 0 Å². The Morgan fingerprint density at radius 3 is 1.25 bits per heavy atom. The first-order valence-electron chi connectivity index (χ1n) is 2.51. The summed E-state index contributed by atoms with van der Waals surface area (Å²) in [7, 11) is 0. The summed E-state index contributed by atoms with van der Waals surface area (Å²) in [5.74, 6) is -3.54. The Hall–Kier alpha value is -1.65. The van der Waals surface area contributed by atoms with Crippen molar-refractivity contribution in [3.8, 4) is 0 Å². The van der Waals surface area contributed by atoms with E-state index in [0.717, 1.165) is 0 Å². The molecule has 2 atom stereocenters. The van der Waals surface area contributed by atoms with Crippen molar-refractivity contribution < 1.29 is 30.0 Å². The summed E-state index contributed by atoms with van der Waals surface area (Å²) in [6.07, 6.45) is -4.53. The molecule has 7 heteroatoms. The highest BCUT2D eigenvalue weighted by molar-refractivity contribution is 5.82. The molecule has 0 fully saturated rings. The van der Waals surface area contributed by atoms with E-state index >= 15 is 0 Å². The zero-order chi connectivity index (χ0) is 10.3. The van der Waals surface area contributed by atoms with Gasteiger partial charge in [-0.2, -0.15) is 0 Å². The Morgan fingerprint density at radius 2 is 1.17 bits per heavy atom. The maximum atomic E-state index is 9.77. The Morgan fingerprint density at radius 1 is 1.00 bits per heavy atom. The van der Waals surface area contributed by atoms with E-state index in [1.165, 1.54) is 0 Å². The molecule has 0 aliphatic rings. The van der Waals surface area contributed by atoms with E-state index in [2.05, 4.69) is 0 Å². The van der Waals surface area contributed by atoms with Crippen molar-refractivity contribution in [1.29, 1.82) is 5.26 Å². The fourth-order valence-electron chi connectivity index (χ4n) is 0.270. The number of aliphatic hydroxyl groups is 2. The number of hydrogen-bond acceptors (Lipinski definition) is 5. The first-order chi connectivity index (χ1) is 5.46. The average Bonchev–Trinajstić information content (AvgIpc) is 2.05. The highest BCUT2D eigenvalue weighted by Gasteiger charge is 2.29. The molecule has 0 saturated heterocycles. The van der Waals surface area contributed by atoms with Crippen LogP contribution in [0.5, 0.6) is 0 Å². The van der Waals surface area contributed by atoms with Crippen molar-refractivity contribution >= 4 is 11.9 Å². The van der Waals surface area contributed by atoms with Gasteiger partial charge in [0.15, 0.2) is 12.2 Å². The van der Waals surface area contributed by atoms with Gasteiger partial charge in [0.25, 0.3) is 0 Å². The lowest BCUT2D eigenvalue weighted by molar-refractivity contribution is -0.165. The molecule has 0 saturated carbocycles. The monoisotopic (exact) mass is 176 g/mol. The van der Waals surface area contributed by atoms with Gasteiger partial charge in [-0.05, 0) is 0 Å². The normalized spacial score (nSPS) is 13.3. The van der Waals surface area contributed by atoms with Crippen LogP contribution in [0.1, 0.15) is 0 Å². The number of aliphatic carboxylic acids is 2. The van der Waals surface area contributed by atoms with Gasteiger partial charge < -0.3 is 32.3 Å². The molecule has 0 aromatic rings. The second-order valence-electron chi connectivity index (χ2n) is 1.57. The number of rotatable bonds is 3. The van der Waals surface area contributed by atoms with Crippen LogP contribution < -0.4 is 0 Å². The summed E-state index contributed by atoms with van der Waals surface area (Å²) in [6.45, 7) is 4.75. The van der Waals surface area contributed by atoms with Crippen molar-refractivity contribution in [1.82, 2.24) is 0 Å². The molecular formula is C5H6NO6-. The van der Waals surface area contributed by atoms with Crippen LogP contribution in [0.25, 0.3) is 0 Å². The molecule has 0 aromatic carbocycles. The van der Waals surface area contributed by atoms with Crippen molar-refractivity contribution in [3.63, 3.8) is 0 Å². The minimum Gasteiger partial charge on any atom is -0.512 e. The third-order valence-corrected chi connectivity index (χ3v) is 0.805. The largest absolute Gasteiger partial charge is 0.512 e. The SMILES string of the molecule is O=C(O)C(O)C(O)C(=O)O.[C-]#N. The molecule has 0 rings (SSSR count). The van der Waals surface area contributed by atoms with Crippen LogP contribution in [0.3, 0.4) is 0 Å². The van der Waals surface area contributed by atoms with Crippen LogP contribution in [0.2, 0.25) is 0 Å². The maximum Gasteiger partial charge on any atom is 0.335 e. The van der Waals surface area contributed by atoms with Crippen molar-refractivity contribution in [2.75, 3.05) is 0 Å². The lowest BCUT2D eigenvalue weighted by Crippen LogP contribution is -2.39. The van der Waals surface area contributed by atoms with E-state index in [0.29, 0.717) is 0 Å². The van der Waals surface area contributed by atoms with E-state index in [4.69, 9.17) is 32.3 Å². The zero-order valence-electron chi connectivity index (χ0n) is 5.71. The Bertz CT molecular complexity index is 170. The van der Waals surface area contributed by atoms with Crippen LogP contribution in [-0.4, -0.2) is 44.6 Å². The Balaban J connectivity index is 0. The number of carbonyl (C=O) groups is 2. The van der Waals surface area contributed by atoms with Crippen LogP contribution in [0.15, 0.2) is 0 Å². The zero-order valence-corrected chi connectivity index (χ0v) is 5.71. The van der Waals surface area contributed by atoms with Gasteiger partial charge in [-0.3, -0.25) is 0 Å². The molecule has 2 unspecified atom stereocenters. The maximum absolute atomic E-state index is 9.77. The Kier molecular flexibility index (Phi) is 6.58. The molecule has 4 N–H and O–H groups in total. The molecule has 68 valence electrons. The lowest BCUT2D eigenvalue weighted by atomic mass is 10.2. The van der Waals surface area contributed by atoms with Gasteiger partial charge >= 0.3 is 11.9 Å². The van der Waals surface area contributed by atoms with Crippen LogP contribution in [-0.2, 0) is 9.59 Å². The van der Waals surface area contributed by atoms with Crippen molar-refractivity contribution in [3.05, 3.63) is 6.57 Å². The summed E-state index contributed by atoms with van der Waals surface area (Å²) >= 11 is 0. The summed E-state index contributed by atoms with van der Waals surface area (Å²) in [4.78, 5) is 19.5. The van der Waals surface area contributed by atoms with Crippen LogP contribution >= 0.6 is 0 Å². The number of nitrogens with zero attached hydrogens (tertiary/aromatic N) is 1. The minimum atomic E-state index is -2.27. The topological polar surface area (TPSA) is 139 Å². The van der Waals surface area contributed by atoms with Gasteiger partial charge in [0, 0.05) is 0 Å². The first kappa shape index (κ1) is 13.0. The summed E-state index contributed by atoms with van der Waals surface area (Å²) in [5, 5.41) is 38.8. The number of hydrogen-bond donors (Lipinski definition) is 4. The van der Waals surface area contributed by atoms with E-state index in [9.17, 15) is 9.59 Å². The van der Waals surface area contributed by atoms with Gasteiger partial charge in [-0.15, -0.1) is 0 Å². The number of carboxylic acids is 2. The second-order valence-corrected chi connectivity index (χ2v) is 1.57. The molecule has 0 spiro atoms. The molecule has 0 radical (unpaired) electrons. The summed E-state index contributed by atoms with van der Waals surface area (Å²) in [5.41, 5.74) is 0. The molecular weight excluding hydrogens is 170 g/mol. The Labute approximate surface area is 67.1 Å². The van der Waals surface area contributed by atoms with Gasteiger partial charge in [-0.1, -0.05) is 0 Å². The smallest absolute Gasteiger partial charge is 0.335 e. The molecule has 0 bridgehead atoms. The van der Waals surface area contributed by atoms with E-state index in [1.54, 1.807) is 0 Å². The van der Waals surface area contributed by atoms with Crippen LogP contribution in [0.4, 0.5) is 0 Å². The molecule has 0 aliphatic carbocycles. The molecule has 0 amide bonds. The number of carboxylic acid groups (broad SMARTS) is 2. The predicted molar refractivity (Wildman–Crippen MR) is 32.3 cm³/mol. The van der Waals surface area contributed by atoms with Crippen molar-refractivity contribution in [2.45, 2.75) is 12.2 Å². The molecule has 12 heavy (non-hydrogen) atoms. The minimum absolute atomic E-state index is 1.77. The number of aliphatic hydroxyl groups excluding tert-OH is 2. The third kappa shape index (κ3) is 4.21. The molecule has 7 nitrogen and oxygen atoms in total. The second kappa shape index (κ2) is 6.09. The quantitative estimate of drug-likeness (QED) is 0.363. The van der Waals surface area contributed by atoms with Gasteiger partial charge in [-0.25, -0.2) is 9.59 Å². The van der Waals surface area contributed by atoms with Crippen LogP contribution in [0, 0.1) is 11.8 Å². The van der Waals surface area contributed by atoms with E-state index < -0.39 is 24.1 Å². The molecule has 0 aromatic heterocycles. The summed E-state index contributed by atoms with van der Waals surface area (Å²) in [6, 6.07) is 0. The lowest BCUT2D eigenvalue weighted by Gasteiger charge is -2.07. The first-order valence-corrected chi connectivity index (χ1v) is 2.51. The molecule has 0 heterocycles. The third-order valence-electron chi connectivity index (χ3n) is 0.805. The van der Waals surface area contributed by atoms with Gasteiger partial charge in [0.05, 0.1) is 0 Å².